The van der Waals surface area contributed by atoms with Crippen molar-refractivity contribution in [2.75, 3.05) is 12.4 Å². The fourth-order valence-electron chi connectivity index (χ4n) is 4.26. The van der Waals surface area contributed by atoms with Gasteiger partial charge in [0.25, 0.3) is 0 Å². The Morgan fingerprint density at radius 3 is 2.55 bits per heavy atom. The first-order valence-corrected chi connectivity index (χ1v) is 10.4. The molecule has 0 aromatic heterocycles. The van der Waals surface area contributed by atoms with Crippen molar-refractivity contribution in [1.82, 2.24) is 0 Å². The van der Waals surface area contributed by atoms with Crippen LogP contribution in [0.25, 0.3) is 10.8 Å². The van der Waals surface area contributed by atoms with Crippen LogP contribution in [0.1, 0.15) is 29.0 Å². The Labute approximate surface area is 181 Å². The first-order valence-electron chi connectivity index (χ1n) is 10.4. The number of amides is 1. The average Bonchev–Trinajstić information content (AvgIpc) is 2.82. The number of anilines is 1. The van der Waals surface area contributed by atoms with Crippen molar-refractivity contribution in [3.05, 3.63) is 102 Å². The zero-order chi connectivity index (χ0) is 21.2. The zero-order valence-corrected chi connectivity index (χ0v) is 17.3. The highest BCUT2D eigenvalue weighted by atomic mass is 16.5. The molecule has 1 heterocycles. The number of nitrogens with one attached hydrogen (secondary N) is 1. The van der Waals surface area contributed by atoms with E-state index in [0.29, 0.717) is 24.5 Å². The summed E-state index contributed by atoms with van der Waals surface area (Å²) in [5.41, 5.74) is 4.16. The number of ether oxygens (including phenoxy) is 2. The van der Waals surface area contributed by atoms with E-state index in [2.05, 4.69) is 29.6 Å². The lowest BCUT2D eigenvalue weighted by Crippen LogP contribution is -2.23. The van der Waals surface area contributed by atoms with Gasteiger partial charge in [0.05, 0.1) is 12.8 Å². The van der Waals surface area contributed by atoms with Crippen molar-refractivity contribution in [2.24, 2.45) is 0 Å². The first-order chi connectivity index (χ1) is 15.2. The van der Waals surface area contributed by atoms with E-state index in [4.69, 9.17) is 9.47 Å². The Hall–Kier alpha value is -3.79. The Morgan fingerprint density at radius 2 is 1.71 bits per heavy atom. The predicted molar refractivity (Wildman–Crippen MR) is 123 cm³/mol. The van der Waals surface area contributed by atoms with E-state index < -0.39 is 0 Å². The lowest BCUT2D eigenvalue weighted by Gasteiger charge is -2.27. The SMILES string of the molecule is COc1cc(C2CC(=O)Nc3c2ccc2ccccc32)ccc1OCc1ccccc1. The van der Waals surface area contributed by atoms with Crippen molar-refractivity contribution in [3.8, 4) is 11.5 Å². The maximum absolute atomic E-state index is 12.6. The summed E-state index contributed by atoms with van der Waals surface area (Å²) < 4.78 is 11.6. The number of hydrogen-bond acceptors (Lipinski definition) is 3. The van der Waals surface area contributed by atoms with Gasteiger partial charge in [-0.1, -0.05) is 72.8 Å². The molecule has 1 aliphatic heterocycles. The van der Waals surface area contributed by atoms with E-state index in [-0.39, 0.29) is 11.8 Å². The molecule has 4 heteroatoms. The smallest absolute Gasteiger partial charge is 0.225 e. The topological polar surface area (TPSA) is 47.6 Å². The number of benzene rings is 4. The Bertz CT molecular complexity index is 1250. The van der Waals surface area contributed by atoms with Gasteiger partial charge >= 0.3 is 0 Å². The van der Waals surface area contributed by atoms with Gasteiger partial charge in [-0.3, -0.25) is 4.79 Å². The minimum absolute atomic E-state index is 0.0252. The van der Waals surface area contributed by atoms with Crippen LogP contribution in [0, 0.1) is 0 Å². The molecule has 0 bridgehead atoms. The molecule has 154 valence electrons. The van der Waals surface area contributed by atoms with Crippen LogP contribution in [0.2, 0.25) is 0 Å². The average molecular weight is 409 g/mol. The Balaban J connectivity index is 1.49. The molecule has 1 unspecified atom stereocenters. The third kappa shape index (κ3) is 3.73. The lowest BCUT2D eigenvalue weighted by molar-refractivity contribution is -0.116. The quantitative estimate of drug-likeness (QED) is 0.446. The van der Waals surface area contributed by atoms with Crippen molar-refractivity contribution in [1.29, 1.82) is 0 Å². The Morgan fingerprint density at radius 1 is 0.903 bits per heavy atom. The van der Waals surface area contributed by atoms with Gasteiger partial charge in [0, 0.05) is 17.7 Å². The second-order valence-electron chi connectivity index (χ2n) is 7.74. The zero-order valence-electron chi connectivity index (χ0n) is 17.3. The fourth-order valence-corrected chi connectivity index (χ4v) is 4.26. The third-order valence-electron chi connectivity index (χ3n) is 5.82. The third-order valence-corrected chi connectivity index (χ3v) is 5.82. The molecule has 1 atom stereocenters. The van der Waals surface area contributed by atoms with Crippen LogP contribution in [0.5, 0.6) is 11.5 Å². The number of methoxy groups -OCH3 is 1. The van der Waals surface area contributed by atoms with Crippen LogP contribution < -0.4 is 14.8 Å². The van der Waals surface area contributed by atoms with E-state index in [1.807, 2.05) is 60.7 Å². The molecule has 5 rings (SSSR count). The summed E-state index contributed by atoms with van der Waals surface area (Å²) in [5.74, 6) is 1.35. The summed E-state index contributed by atoms with van der Waals surface area (Å²) in [5, 5.41) is 5.26. The molecule has 1 N–H and O–H groups in total. The summed E-state index contributed by atoms with van der Waals surface area (Å²) in [7, 11) is 1.64. The molecular weight excluding hydrogens is 386 g/mol. The first kappa shape index (κ1) is 19.2. The molecular formula is C27H23NO3. The predicted octanol–water partition coefficient (Wildman–Crippen LogP) is 5.90. The summed E-state index contributed by atoms with van der Waals surface area (Å²) in [6.45, 7) is 0.469. The number of carbonyl (C=O) groups excluding carboxylic acids is 1. The van der Waals surface area contributed by atoms with Crippen molar-refractivity contribution < 1.29 is 14.3 Å². The molecule has 0 saturated carbocycles. The summed E-state index contributed by atoms with van der Waals surface area (Å²) in [6, 6.07) is 28.4. The minimum Gasteiger partial charge on any atom is -0.493 e. The maximum atomic E-state index is 12.6. The van der Waals surface area contributed by atoms with Gasteiger partial charge in [-0.05, 0) is 34.2 Å². The monoisotopic (exact) mass is 409 g/mol. The molecule has 4 aromatic rings. The Kier molecular flexibility index (Phi) is 5.04. The molecule has 31 heavy (non-hydrogen) atoms. The molecule has 0 aliphatic carbocycles. The summed E-state index contributed by atoms with van der Waals surface area (Å²) >= 11 is 0. The molecule has 4 nitrogen and oxygen atoms in total. The van der Waals surface area contributed by atoms with E-state index in [9.17, 15) is 4.79 Å². The summed E-state index contributed by atoms with van der Waals surface area (Å²) in [6.07, 6.45) is 0.402. The van der Waals surface area contributed by atoms with Crippen LogP contribution in [0.15, 0.2) is 84.9 Å². The van der Waals surface area contributed by atoms with Crippen molar-refractivity contribution in [3.63, 3.8) is 0 Å². The number of fused-ring (bicyclic) bond motifs is 3. The molecule has 1 amide bonds. The molecule has 4 aromatic carbocycles. The maximum Gasteiger partial charge on any atom is 0.225 e. The van der Waals surface area contributed by atoms with Gasteiger partial charge in [0.15, 0.2) is 11.5 Å². The second-order valence-corrected chi connectivity index (χ2v) is 7.74. The van der Waals surface area contributed by atoms with Gasteiger partial charge < -0.3 is 14.8 Å². The van der Waals surface area contributed by atoms with Crippen LogP contribution >= 0.6 is 0 Å². The molecule has 1 aliphatic rings. The van der Waals surface area contributed by atoms with E-state index in [0.717, 1.165) is 33.2 Å². The standard InChI is InChI=1S/C27H23NO3/c1-30-25-15-20(12-14-24(25)31-17-18-7-3-2-4-8-18)23-16-26(29)28-27-21-10-6-5-9-19(21)11-13-22(23)27/h2-15,23H,16-17H2,1H3,(H,28,29). The molecule has 0 fully saturated rings. The van der Waals surface area contributed by atoms with Crippen LogP contribution in [-0.2, 0) is 11.4 Å². The van der Waals surface area contributed by atoms with Gasteiger partial charge in [-0.25, -0.2) is 0 Å². The van der Waals surface area contributed by atoms with E-state index in [1.54, 1.807) is 7.11 Å². The molecule has 0 radical (unpaired) electrons. The highest BCUT2D eigenvalue weighted by Gasteiger charge is 2.28. The molecule has 0 spiro atoms. The largest absolute Gasteiger partial charge is 0.493 e. The number of carbonyl (C=O) groups is 1. The highest BCUT2D eigenvalue weighted by Crippen LogP contribution is 2.42. The van der Waals surface area contributed by atoms with Crippen molar-refractivity contribution in [2.45, 2.75) is 18.9 Å². The minimum atomic E-state index is -0.0366. The van der Waals surface area contributed by atoms with Crippen LogP contribution in [0.4, 0.5) is 5.69 Å². The second kappa shape index (κ2) is 8.15. The van der Waals surface area contributed by atoms with Gasteiger partial charge in [0.2, 0.25) is 5.91 Å². The van der Waals surface area contributed by atoms with Gasteiger partial charge in [-0.15, -0.1) is 0 Å². The lowest BCUT2D eigenvalue weighted by atomic mass is 9.83. The van der Waals surface area contributed by atoms with Crippen LogP contribution in [-0.4, -0.2) is 13.0 Å². The number of hydrogen-bond donors (Lipinski definition) is 1. The molecule has 0 saturated heterocycles. The highest BCUT2D eigenvalue weighted by molar-refractivity contribution is 6.06. The van der Waals surface area contributed by atoms with Crippen LogP contribution in [0.3, 0.4) is 0 Å². The number of rotatable bonds is 5. The van der Waals surface area contributed by atoms with Crippen molar-refractivity contribution >= 4 is 22.4 Å². The summed E-state index contributed by atoms with van der Waals surface area (Å²) in [4.78, 5) is 12.6. The van der Waals surface area contributed by atoms with E-state index in [1.165, 1.54) is 0 Å². The van der Waals surface area contributed by atoms with Gasteiger partial charge in [0.1, 0.15) is 6.61 Å². The van der Waals surface area contributed by atoms with Gasteiger partial charge in [-0.2, -0.15) is 0 Å². The normalized spacial score (nSPS) is 15.3. The van der Waals surface area contributed by atoms with E-state index >= 15 is 0 Å². The fraction of sp³-hybridized carbons (Fsp3) is 0.148.